The van der Waals surface area contributed by atoms with Gasteiger partial charge in [0.1, 0.15) is 6.54 Å². The van der Waals surface area contributed by atoms with Crippen LogP contribution in [-0.4, -0.2) is 79.5 Å². The maximum absolute atomic E-state index is 17.7. The number of para-hydroxylation sites is 1. The first-order valence-electron chi connectivity index (χ1n) is 11.4. The lowest BCUT2D eigenvalue weighted by molar-refractivity contribution is -0.157. The molecule has 2 heterocycles. The second kappa shape index (κ2) is 9.18. The van der Waals surface area contributed by atoms with Gasteiger partial charge in [0, 0.05) is 12.3 Å². The van der Waals surface area contributed by atoms with E-state index in [1.54, 1.807) is 0 Å². The summed E-state index contributed by atoms with van der Waals surface area (Å²) in [4.78, 5) is 64.7. The molecule has 0 spiro atoms. The van der Waals surface area contributed by atoms with Crippen LogP contribution in [-0.2, 0) is 9.59 Å². The van der Waals surface area contributed by atoms with Crippen LogP contribution in [0, 0.1) is 5.92 Å². The maximum atomic E-state index is 17.7. The number of halogens is 2. The van der Waals surface area contributed by atoms with Crippen LogP contribution >= 0.6 is 11.6 Å². The van der Waals surface area contributed by atoms with Gasteiger partial charge in [0.05, 0.1) is 28.5 Å². The van der Waals surface area contributed by atoms with Crippen molar-refractivity contribution < 1.29 is 43.7 Å². The van der Waals surface area contributed by atoms with Gasteiger partial charge < -0.3 is 32.5 Å². The molecule has 9 N–H and O–H groups in total. The molecule has 5 atom stereocenters. The number of aliphatic carboxylic acids is 1. The van der Waals surface area contributed by atoms with Gasteiger partial charge in [0.2, 0.25) is 11.6 Å². The van der Waals surface area contributed by atoms with Crippen molar-refractivity contribution in [2.45, 2.75) is 23.0 Å². The normalized spacial score (nSPS) is 30.2. The van der Waals surface area contributed by atoms with Crippen LogP contribution in [0.5, 0.6) is 0 Å². The van der Waals surface area contributed by atoms with Crippen molar-refractivity contribution in [2.24, 2.45) is 23.1 Å². The third kappa shape index (κ3) is 3.35. The summed E-state index contributed by atoms with van der Waals surface area (Å²) in [6.07, 6.45) is 0.187. The van der Waals surface area contributed by atoms with Crippen molar-refractivity contribution in [2.75, 3.05) is 13.2 Å². The highest BCUT2D eigenvalue weighted by molar-refractivity contribution is 6.25. The second-order valence-corrected chi connectivity index (χ2v) is 9.86. The van der Waals surface area contributed by atoms with E-state index < -0.39 is 93.4 Å². The van der Waals surface area contributed by atoms with Gasteiger partial charge in [0.25, 0.3) is 11.4 Å². The second-order valence-electron chi connectivity index (χ2n) is 9.39. The number of aliphatic hydroxyl groups excluding tert-OH is 1. The van der Waals surface area contributed by atoms with Gasteiger partial charge in [-0.1, -0.05) is 30.4 Å². The lowest BCUT2D eigenvalue weighted by Crippen LogP contribution is -2.79. The van der Waals surface area contributed by atoms with E-state index in [1.807, 2.05) is 0 Å². The van der Waals surface area contributed by atoms with Gasteiger partial charge in [-0.2, -0.15) is 9.28 Å². The molecule has 4 rings (SSSR count). The zero-order valence-corrected chi connectivity index (χ0v) is 20.8. The van der Waals surface area contributed by atoms with Crippen LogP contribution in [0.3, 0.4) is 0 Å². The number of hydrogen-bond acceptors (Lipinski definition) is 6. The molecule has 3 unspecified atom stereocenters. The van der Waals surface area contributed by atoms with Crippen LogP contribution in [0.4, 0.5) is 19.7 Å². The number of alkyl halides is 2. The number of benzene rings is 1. The number of carbonyl (C=O) groups is 5. The summed E-state index contributed by atoms with van der Waals surface area (Å²) < 4.78 is 16.4. The minimum atomic E-state index is -3.52. The Hall–Kier alpha value is -4.27. The number of fused-ring (bicyclic) bond motifs is 1. The fourth-order valence-corrected chi connectivity index (χ4v) is 6.57. The fourth-order valence-electron chi connectivity index (χ4n) is 6.18. The van der Waals surface area contributed by atoms with E-state index in [0.717, 1.165) is 18.2 Å². The van der Waals surface area contributed by atoms with Crippen LogP contribution < -0.4 is 21.7 Å². The van der Waals surface area contributed by atoms with Crippen LogP contribution in [0.15, 0.2) is 48.1 Å². The van der Waals surface area contributed by atoms with E-state index in [2.05, 4.69) is 0 Å². The van der Waals surface area contributed by atoms with E-state index in [-0.39, 0.29) is 10.9 Å². The van der Waals surface area contributed by atoms with E-state index in [1.165, 1.54) is 24.3 Å². The third-order valence-electron chi connectivity index (χ3n) is 7.57. The molecule has 1 aliphatic carbocycles. The molecule has 13 nitrogen and oxygen atoms in total. The number of aliphatic hydroxyl groups is 1. The average Bonchev–Trinajstić information content (AvgIpc) is 3.41. The molecular weight excluding hydrogens is 541 g/mol. The summed E-state index contributed by atoms with van der Waals surface area (Å²) in [6, 6.07) is 4.13. The van der Waals surface area contributed by atoms with Crippen molar-refractivity contribution in [1.82, 2.24) is 9.05 Å². The van der Waals surface area contributed by atoms with Crippen LogP contribution in [0.25, 0.3) is 10.9 Å². The number of likely N-dealkylation sites (tertiary alicyclic amines) is 1. The molecule has 206 valence electrons. The number of carbonyl (C=O) groups excluding carboxylic acids is 3. The molecule has 1 aliphatic heterocycles. The summed E-state index contributed by atoms with van der Waals surface area (Å²) in [6.45, 7) is -1.62. The number of aromatic nitrogens is 1. The van der Waals surface area contributed by atoms with E-state index in [4.69, 9.17) is 28.8 Å². The molecular formula is C24H24ClFN5O8+. The Morgan fingerprint density at radius 2 is 1.74 bits per heavy atom. The van der Waals surface area contributed by atoms with Gasteiger partial charge in [-0.25, -0.2) is 14.0 Å². The molecule has 15 heteroatoms. The van der Waals surface area contributed by atoms with Gasteiger partial charge >= 0.3 is 18.1 Å². The number of carboxylic acid groups (broad SMARTS) is 2. The quantitative estimate of drug-likeness (QED) is 0.216. The predicted molar refractivity (Wildman–Crippen MR) is 136 cm³/mol. The summed E-state index contributed by atoms with van der Waals surface area (Å²) in [5.74, 6) is -6.08. The van der Waals surface area contributed by atoms with E-state index in [9.17, 15) is 39.3 Å². The number of nitrogens with two attached hydrogens (primary N) is 3. The maximum Gasteiger partial charge on any atom is 0.519 e. The molecule has 2 aliphatic rings. The highest BCUT2D eigenvalue weighted by Crippen LogP contribution is 2.59. The van der Waals surface area contributed by atoms with Crippen molar-refractivity contribution in [1.29, 1.82) is 0 Å². The summed E-state index contributed by atoms with van der Waals surface area (Å²) >= 11 is 6.35. The zero-order chi connectivity index (χ0) is 29.1. The van der Waals surface area contributed by atoms with Crippen LogP contribution in [0.1, 0.15) is 16.9 Å². The topological polar surface area (TPSA) is 229 Å². The Bertz CT molecular complexity index is 1520. The van der Waals surface area contributed by atoms with Crippen molar-refractivity contribution >= 4 is 58.1 Å². The van der Waals surface area contributed by atoms with Gasteiger partial charge in [0.15, 0.2) is 11.4 Å². The Kier molecular flexibility index (Phi) is 6.54. The molecule has 1 fully saturated rings. The summed E-state index contributed by atoms with van der Waals surface area (Å²) in [5, 5.41) is 29.7. The lowest BCUT2D eigenvalue weighted by Gasteiger charge is -2.49. The van der Waals surface area contributed by atoms with Gasteiger partial charge in [-0.05, 0) is 12.1 Å². The van der Waals surface area contributed by atoms with Crippen LogP contribution in [0.2, 0.25) is 0 Å². The smallest absolute Gasteiger partial charge is 0.476 e. The Labute approximate surface area is 224 Å². The molecule has 39 heavy (non-hydrogen) atoms. The number of nitrogens with zero attached hydrogens (tertiary/aromatic N) is 2. The summed E-state index contributed by atoms with van der Waals surface area (Å²) in [7, 11) is 0. The SMILES string of the molecule is NC(=O)C1=CC=CC(Cl)C1(F)[C@]1(C(=O)O)C[C@@H](CO)C[N+]1(C(=O)O)c1c(C(N)=O)n(C(N)=O)c2ccccc12. The number of amides is 4. The molecule has 0 saturated carbocycles. The number of primary amides is 3. The minimum absolute atomic E-state index is 0.121. The highest BCUT2D eigenvalue weighted by Gasteiger charge is 2.82. The van der Waals surface area contributed by atoms with Crippen molar-refractivity contribution in [3.8, 4) is 0 Å². The van der Waals surface area contributed by atoms with E-state index in [0.29, 0.717) is 4.57 Å². The van der Waals surface area contributed by atoms with Gasteiger partial charge in [-0.15, -0.1) is 11.6 Å². The average molecular weight is 565 g/mol. The first-order chi connectivity index (χ1) is 18.2. The highest BCUT2D eigenvalue weighted by atomic mass is 35.5. The standard InChI is InChI=1S/C24H23ClFN5O8/c25-15-7-3-5-13(18(27)33)24(15,26)23(20(35)36)8-11(10-32)9-31(23,22(38)39)17-12-4-1-2-6-14(12)30(21(29)37)16(17)19(28)34/h1-7,11,15,32H,8-10H2,(H7-,27,28,29,33,34,35,36,37,38,39)/p+1/t11-,15?,23-,24?,31?/m1/s1. The minimum Gasteiger partial charge on any atom is -0.476 e. The first-order valence-corrected chi connectivity index (χ1v) is 11.9. The third-order valence-corrected chi connectivity index (χ3v) is 8.02. The Balaban J connectivity index is 2.32. The molecule has 1 aromatic heterocycles. The Morgan fingerprint density at radius 1 is 1.10 bits per heavy atom. The molecule has 1 aromatic carbocycles. The zero-order valence-electron chi connectivity index (χ0n) is 20.1. The molecule has 1 saturated heterocycles. The largest absolute Gasteiger partial charge is 0.519 e. The summed E-state index contributed by atoms with van der Waals surface area (Å²) in [5.41, 5.74) is 7.25. The predicted octanol–water partition coefficient (Wildman–Crippen LogP) is 0.785. The lowest BCUT2D eigenvalue weighted by atomic mass is 9.68. The van der Waals surface area contributed by atoms with Gasteiger partial charge in [-0.3, -0.25) is 14.2 Å². The Morgan fingerprint density at radius 3 is 2.26 bits per heavy atom. The fraction of sp³-hybridized carbons (Fsp3) is 0.292. The molecule has 0 radical (unpaired) electrons. The number of quaternary nitrogens is 1. The first kappa shape index (κ1) is 27.8. The van der Waals surface area contributed by atoms with E-state index >= 15 is 4.39 Å². The van der Waals surface area contributed by atoms with Crippen molar-refractivity contribution in [3.63, 3.8) is 0 Å². The monoisotopic (exact) mass is 564 g/mol. The number of carboxylic acids is 1. The molecule has 4 amide bonds. The van der Waals surface area contributed by atoms with Crippen molar-refractivity contribution in [3.05, 3.63) is 53.8 Å². The number of hydrogen-bond donors (Lipinski definition) is 6. The number of allylic oxidation sites excluding steroid dienone is 3. The number of rotatable bonds is 6. The molecule has 0 bridgehead atoms. The molecule has 2 aromatic rings.